The first-order chi connectivity index (χ1) is 14.5. The number of amides is 1. The van der Waals surface area contributed by atoms with E-state index in [1.54, 1.807) is 0 Å². The lowest BCUT2D eigenvalue weighted by Crippen LogP contribution is -2.47. The van der Waals surface area contributed by atoms with Gasteiger partial charge in [0.15, 0.2) is 0 Å². The summed E-state index contributed by atoms with van der Waals surface area (Å²) < 4.78 is 5.96. The summed E-state index contributed by atoms with van der Waals surface area (Å²) in [7, 11) is 0. The van der Waals surface area contributed by atoms with Crippen LogP contribution < -0.4 is 5.32 Å². The topological polar surface area (TPSA) is 108 Å². The van der Waals surface area contributed by atoms with Crippen molar-refractivity contribution in [2.24, 2.45) is 10.8 Å². The van der Waals surface area contributed by atoms with Crippen LogP contribution >= 0.6 is 0 Å². The third-order valence-electron chi connectivity index (χ3n) is 6.47. The number of nitriles is 1. The van der Waals surface area contributed by atoms with Crippen LogP contribution in [0.15, 0.2) is 18.2 Å². The molecule has 31 heavy (non-hydrogen) atoms. The fourth-order valence-corrected chi connectivity index (χ4v) is 5.02. The first kappa shape index (κ1) is 22.9. The highest BCUT2D eigenvalue weighted by Crippen LogP contribution is 2.48. The number of nitro groups is 1. The number of benzene rings is 1. The number of ether oxygens (including phenoxy) is 1. The maximum absolute atomic E-state index is 12.6. The van der Waals surface area contributed by atoms with Crippen LogP contribution in [0.4, 0.5) is 16.2 Å². The number of hydrogen-bond acceptors (Lipinski definition) is 6. The third-order valence-corrected chi connectivity index (χ3v) is 6.47. The number of nitro benzene ring substituents is 1. The maximum atomic E-state index is 12.6. The molecular formula is C23H32N4O4. The van der Waals surface area contributed by atoms with Crippen LogP contribution in [0, 0.1) is 32.3 Å². The fraction of sp³-hybridized carbons (Fsp3) is 0.652. The Morgan fingerprint density at radius 2 is 2.10 bits per heavy atom. The van der Waals surface area contributed by atoms with Crippen LogP contribution in [-0.4, -0.2) is 41.2 Å². The monoisotopic (exact) mass is 428 g/mol. The average molecular weight is 429 g/mol. The van der Waals surface area contributed by atoms with E-state index in [1.165, 1.54) is 18.2 Å². The Labute approximate surface area is 183 Å². The fourth-order valence-electron chi connectivity index (χ4n) is 5.02. The van der Waals surface area contributed by atoms with Gasteiger partial charge in [0.1, 0.15) is 11.3 Å². The minimum atomic E-state index is -0.501. The summed E-state index contributed by atoms with van der Waals surface area (Å²) >= 11 is 0. The molecule has 1 aromatic rings. The predicted octanol–water partition coefficient (Wildman–Crippen LogP) is 5.09. The molecule has 0 radical (unpaired) electrons. The van der Waals surface area contributed by atoms with Crippen molar-refractivity contribution in [3.05, 3.63) is 33.9 Å². The molecule has 2 unspecified atom stereocenters. The van der Waals surface area contributed by atoms with Crippen molar-refractivity contribution in [3.63, 3.8) is 0 Å². The first-order valence-electron chi connectivity index (χ1n) is 10.9. The number of nitrogens with zero attached hydrogens (tertiary/aromatic N) is 3. The molecule has 1 saturated heterocycles. The molecule has 2 aliphatic rings. The van der Waals surface area contributed by atoms with E-state index in [1.807, 2.05) is 11.0 Å². The Morgan fingerprint density at radius 1 is 1.35 bits per heavy atom. The molecule has 1 aromatic carbocycles. The Balaban J connectivity index is 1.78. The van der Waals surface area contributed by atoms with E-state index in [-0.39, 0.29) is 22.6 Å². The van der Waals surface area contributed by atoms with Gasteiger partial charge in [-0.05, 0) is 55.1 Å². The van der Waals surface area contributed by atoms with Gasteiger partial charge in [-0.15, -0.1) is 0 Å². The molecular weight excluding hydrogens is 396 g/mol. The zero-order chi connectivity index (χ0) is 22.9. The number of anilines is 1. The van der Waals surface area contributed by atoms with E-state index in [4.69, 9.17) is 4.74 Å². The standard InChI is InChI=1S/C23H32N4O4/c1-5-22(14-25-18-11-17(12-24)7-8-19(18)27(29)30)9-6-10-23(13-22)16-26(20(28)31-23)15-21(2,3)4/h7-8,11,25H,5-6,9-10,13-16H2,1-4H3. The van der Waals surface area contributed by atoms with Crippen molar-refractivity contribution in [2.75, 3.05) is 25.0 Å². The number of nitrogens with one attached hydrogen (secondary N) is 1. The number of carbonyl (C=O) groups is 1. The van der Waals surface area contributed by atoms with E-state index < -0.39 is 10.5 Å². The Hall–Kier alpha value is -2.82. The lowest BCUT2D eigenvalue weighted by Gasteiger charge is -2.45. The Bertz CT molecular complexity index is 904. The van der Waals surface area contributed by atoms with Gasteiger partial charge in [-0.3, -0.25) is 10.1 Å². The van der Waals surface area contributed by atoms with Gasteiger partial charge in [0.05, 0.1) is 23.1 Å². The molecule has 1 amide bonds. The van der Waals surface area contributed by atoms with Gasteiger partial charge in [-0.1, -0.05) is 27.7 Å². The van der Waals surface area contributed by atoms with Gasteiger partial charge in [-0.2, -0.15) is 5.26 Å². The minimum absolute atomic E-state index is 0.00664. The summed E-state index contributed by atoms with van der Waals surface area (Å²) in [6.07, 6.45) is 4.08. The van der Waals surface area contributed by atoms with E-state index in [9.17, 15) is 20.2 Å². The maximum Gasteiger partial charge on any atom is 0.410 e. The molecule has 2 atom stereocenters. The summed E-state index contributed by atoms with van der Waals surface area (Å²) in [6.45, 7) is 10.2. The summed E-state index contributed by atoms with van der Waals surface area (Å²) in [5.74, 6) is 0. The van der Waals surface area contributed by atoms with Gasteiger partial charge in [-0.25, -0.2) is 4.79 Å². The van der Waals surface area contributed by atoms with E-state index in [0.717, 1.165) is 32.1 Å². The van der Waals surface area contributed by atoms with Crippen LogP contribution in [0.1, 0.15) is 65.4 Å². The van der Waals surface area contributed by atoms with Crippen LogP contribution in [0.2, 0.25) is 0 Å². The molecule has 168 valence electrons. The molecule has 1 heterocycles. The Morgan fingerprint density at radius 3 is 2.71 bits per heavy atom. The molecule has 8 heteroatoms. The normalized spacial score (nSPS) is 25.9. The molecule has 2 fully saturated rings. The van der Waals surface area contributed by atoms with Crippen molar-refractivity contribution in [1.82, 2.24) is 4.90 Å². The second-order valence-electron chi connectivity index (χ2n) is 10.3. The predicted molar refractivity (Wildman–Crippen MR) is 118 cm³/mol. The molecule has 1 N–H and O–H groups in total. The molecule has 1 spiro atoms. The van der Waals surface area contributed by atoms with Gasteiger partial charge in [0.2, 0.25) is 0 Å². The summed E-state index contributed by atoms with van der Waals surface area (Å²) in [5.41, 5.74) is 0.0359. The average Bonchev–Trinajstić information content (AvgIpc) is 2.98. The van der Waals surface area contributed by atoms with Crippen LogP contribution in [0.25, 0.3) is 0 Å². The van der Waals surface area contributed by atoms with Crippen LogP contribution in [0.3, 0.4) is 0 Å². The van der Waals surface area contributed by atoms with Crippen LogP contribution in [-0.2, 0) is 4.74 Å². The molecule has 1 aliphatic carbocycles. The van der Waals surface area contributed by atoms with Crippen molar-refractivity contribution in [1.29, 1.82) is 5.26 Å². The number of hydrogen-bond donors (Lipinski definition) is 1. The SMILES string of the molecule is CCC1(CNc2cc(C#N)ccc2[N+](=O)[O-])CCCC2(CN(CC(C)(C)C)C(=O)O2)C1. The van der Waals surface area contributed by atoms with Gasteiger partial charge in [0.25, 0.3) is 5.69 Å². The molecule has 1 aliphatic heterocycles. The lowest BCUT2D eigenvalue weighted by molar-refractivity contribution is -0.384. The molecule has 1 saturated carbocycles. The molecule has 0 bridgehead atoms. The van der Waals surface area contributed by atoms with Crippen molar-refractivity contribution >= 4 is 17.5 Å². The zero-order valence-corrected chi connectivity index (χ0v) is 18.9. The van der Waals surface area contributed by atoms with Gasteiger partial charge >= 0.3 is 6.09 Å². The van der Waals surface area contributed by atoms with E-state index in [2.05, 4.69) is 33.0 Å². The molecule has 3 rings (SSSR count). The third kappa shape index (κ3) is 5.09. The smallest absolute Gasteiger partial charge is 0.410 e. The number of carbonyl (C=O) groups excluding carboxylic acids is 1. The van der Waals surface area contributed by atoms with E-state index in [0.29, 0.717) is 30.9 Å². The first-order valence-corrected chi connectivity index (χ1v) is 10.9. The quantitative estimate of drug-likeness (QED) is 0.499. The molecule has 0 aromatic heterocycles. The molecule has 8 nitrogen and oxygen atoms in total. The highest BCUT2D eigenvalue weighted by atomic mass is 16.6. The summed E-state index contributed by atoms with van der Waals surface area (Å²) in [6, 6.07) is 6.39. The van der Waals surface area contributed by atoms with Crippen molar-refractivity contribution < 1.29 is 14.5 Å². The van der Waals surface area contributed by atoms with Crippen molar-refractivity contribution in [3.8, 4) is 6.07 Å². The lowest BCUT2D eigenvalue weighted by atomic mass is 9.66. The van der Waals surface area contributed by atoms with Crippen LogP contribution in [0.5, 0.6) is 0 Å². The Kier molecular flexibility index (Phi) is 6.17. The highest BCUT2D eigenvalue weighted by Gasteiger charge is 2.52. The second-order valence-corrected chi connectivity index (χ2v) is 10.3. The second kappa shape index (κ2) is 8.37. The summed E-state index contributed by atoms with van der Waals surface area (Å²) in [4.78, 5) is 25.4. The number of rotatable bonds is 6. The largest absolute Gasteiger partial charge is 0.441 e. The van der Waals surface area contributed by atoms with Gasteiger partial charge < -0.3 is 15.0 Å². The van der Waals surface area contributed by atoms with Gasteiger partial charge in [0, 0.05) is 19.2 Å². The van der Waals surface area contributed by atoms with Crippen molar-refractivity contribution in [2.45, 2.75) is 65.4 Å². The minimum Gasteiger partial charge on any atom is -0.441 e. The van der Waals surface area contributed by atoms with E-state index >= 15 is 0 Å². The zero-order valence-electron chi connectivity index (χ0n) is 18.9. The summed E-state index contributed by atoms with van der Waals surface area (Å²) in [5, 5.41) is 23.9. The highest BCUT2D eigenvalue weighted by molar-refractivity contribution is 5.71.